The van der Waals surface area contributed by atoms with Crippen LogP contribution in [0.25, 0.3) is 0 Å². The van der Waals surface area contributed by atoms with Gasteiger partial charge in [0.25, 0.3) is 0 Å². The fourth-order valence-corrected chi connectivity index (χ4v) is 4.46. The number of carbonyl (C=O) groups is 2. The fraction of sp³-hybridized carbons (Fsp3) is 0.357. The Morgan fingerprint density at radius 2 is 2.32 bits per heavy atom. The van der Waals surface area contributed by atoms with Crippen LogP contribution in [0.1, 0.15) is 27.9 Å². The molecule has 2 atom stereocenters. The van der Waals surface area contributed by atoms with Crippen LogP contribution >= 0.6 is 11.8 Å². The molecule has 1 heterocycles. The third-order valence-corrected chi connectivity index (χ3v) is 5.12. The Morgan fingerprint density at radius 3 is 2.95 bits per heavy atom. The van der Waals surface area contributed by atoms with Gasteiger partial charge in [0.2, 0.25) is 5.91 Å². The minimum atomic E-state index is -1.05. The van der Waals surface area contributed by atoms with Gasteiger partial charge < -0.3 is 5.73 Å². The molecular weight excluding hydrogens is 260 g/mol. The second kappa shape index (κ2) is 3.84. The van der Waals surface area contributed by atoms with E-state index in [0.717, 1.165) is 21.8 Å². The average Bonchev–Trinajstić information content (AvgIpc) is 2.65. The summed E-state index contributed by atoms with van der Waals surface area (Å²) in [6, 6.07) is 6.03. The lowest BCUT2D eigenvalue weighted by atomic mass is 9.73. The molecule has 0 bridgehead atoms. The third-order valence-electron chi connectivity index (χ3n) is 4.06. The van der Waals surface area contributed by atoms with Crippen molar-refractivity contribution in [2.75, 3.05) is 5.75 Å². The molecule has 0 fully saturated rings. The average molecular weight is 272 g/mol. The summed E-state index contributed by atoms with van der Waals surface area (Å²) < 4.78 is 0. The van der Waals surface area contributed by atoms with Gasteiger partial charge in [-0.15, -0.1) is 11.8 Å². The first kappa shape index (κ1) is 12.2. The molecule has 19 heavy (non-hydrogen) atoms. The molecule has 2 aliphatic rings. The SMILES string of the molecule is Cc1ccc2c3c1C(=O)C(C(N)=O)C3(C#N)CCS2. The standard InChI is InChI=1S/C14H12N2O2S/c1-7-2-3-8-10-9(7)12(17)11(13(16)18)14(10,6-15)4-5-19-8/h2-3,11H,4-5H2,1H3,(H2,16,18). The number of hydrogen-bond acceptors (Lipinski definition) is 4. The lowest BCUT2D eigenvalue weighted by Gasteiger charge is -2.31. The van der Waals surface area contributed by atoms with Gasteiger partial charge in [-0.1, -0.05) is 6.07 Å². The summed E-state index contributed by atoms with van der Waals surface area (Å²) in [5.74, 6) is -1.29. The van der Waals surface area contributed by atoms with Crippen LogP contribution in [0.3, 0.4) is 0 Å². The first-order valence-corrected chi connectivity index (χ1v) is 7.03. The Morgan fingerprint density at radius 1 is 1.58 bits per heavy atom. The zero-order chi connectivity index (χ0) is 13.8. The number of nitrogens with zero attached hydrogens (tertiary/aromatic N) is 1. The summed E-state index contributed by atoms with van der Waals surface area (Å²) in [5.41, 5.74) is 6.44. The summed E-state index contributed by atoms with van der Waals surface area (Å²) in [6.07, 6.45) is 0.497. The minimum absolute atomic E-state index is 0.286. The Bertz CT molecular complexity index is 662. The zero-order valence-corrected chi connectivity index (χ0v) is 11.2. The fourth-order valence-electron chi connectivity index (χ4n) is 3.22. The van der Waals surface area contributed by atoms with Gasteiger partial charge in [-0.25, -0.2) is 0 Å². The maximum absolute atomic E-state index is 12.5. The Balaban J connectivity index is 2.40. The van der Waals surface area contributed by atoms with Gasteiger partial charge in [-0.3, -0.25) is 9.59 Å². The van der Waals surface area contributed by atoms with E-state index in [0.29, 0.717) is 12.0 Å². The van der Waals surface area contributed by atoms with Crippen LogP contribution in [0, 0.1) is 24.2 Å². The minimum Gasteiger partial charge on any atom is -0.369 e. The lowest BCUT2D eigenvalue weighted by Crippen LogP contribution is -2.43. The first-order chi connectivity index (χ1) is 9.03. The highest BCUT2D eigenvalue weighted by Gasteiger charge is 2.58. The molecule has 0 radical (unpaired) electrons. The second-order valence-corrected chi connectivity index (χ2v) is 6.15. The van der Waals surface area contributed by atoms with Crippen molar-refractivity contribution in [2.45, 2.75) is 23.7 Å². The molecule has 1 aliphatic carbocycles. The predicted molar refractivity (Wildman–Crippen MR) is 70.8 cm³/mol. The third kappa shape index (κ3) is 1.35. The van der Waals surface area contributed by atoms with Gasteiger partial charge >= 0.3 is 0 Å². The number of carbonyl (C=O) groups excluding carboxylic acids is 2. The van der Waals surface area contributed by atoms with E-state index in [1.165, 1.54) is 0 Å². The normalized spacial score (nSPS) is 27.8. The van der Waals surface area contributed by atoms with Crippen molar-refractivity contribution in [1.82, 2.24) is 0 Å². The van der Waals surface area contributed by atoms with Crippen LogP contribution in [-0.4, -0.2) is 17.4 Å². The molecule has 0 saturated heterocycles. The highest BCUT2D eigenvalue weighted by Crippen LogP contribution is 2.53. The van der Waals surface area contributed by atoms with Crippen LogP contribution in [0.5, 0.6) is 0 Å². The van der Waals surface area contributed by atoms with Gasteiger partial charge in [0.05, 0.1) is 6.07 Å². The van der Waals surface area contributed by atoms with Crippen molar-refractivity contribution in [2.24, 2.45) is 11.7 Å². The van der Waals surface area contributed by atoms with E-state index in [-0.39, 0.29) is 5.78 Å². The van der Waals surface area contributed by atoms with Gasteiger partial charge in [0.1, 0.15) is 11.3 Å². The maximum atomic E-state index is 12.5. The van der Waals surface area contributed by atoms with Crippen LogP contribution in [-0.2, 0) is 10.2 Å². The number of amides is 1. The summed E-state index contributed by atoms with van der Waals surface area (Å²) in [7, 11) is 0. The molecule has 1 aromatic carbocycles. The number of Topliss-reactive ketones (excluding diaryl/α,β-unsaturated/α-hetero) is 1. The summed E-state index contributed by atoms with van der Waals surface area (Å²) in [5, 5.41) is 9.63. The summed E-state index contributed by atoms with van der Waals surface area (Å²) in [4.78, 5) is 25.2. The van der Waals surface area contributed by atoms with Crippen LogP contribution < -0.4 is 5.73 Å². The molecule has 1 aliphatic heterocycles. The van der Waals surface area contributed by atoms with Crippen molar-refractivity contribution in [3.63, 3.8) is 0 Å². The van der Waals surface area contributed by atoms with Gasteiger partial charge in [-0.2, -0.15) is 5.26 Å². The van der Waals surface area contributed by atoms with E-state index < -0.39 is 17.2 Å². The van der Waals surface area contributed by atoms with Crippen molar-refractivity contribution >= 4 is 23.5 Å². The molecule has 4 nitrogen and oxygen atoms in total. The van der Waals surface area contributed by atoms with Gasteiger partial charge in [-0.05, 0) is 36.3 Å². The van der Waals surface area contributed by atoms with E-state index in [4.69, 9.17) is 5.73 Å². The molecule has 3 rings (SSSR count). The number of thioether (sulfide) groups is 1. The Labute approximate surface area is 115 Å². The number of nitriles is 1. The molecule has 1 aromatic rings. The van der Waals surface area contributed by atoms with Gasteiger partial charge in [0.15, 0.2) is 5.78 Å². The molecule has 2 N–H and O–H groups in total. The number of ketones is 1. The Hall–Kier alpha value is -1.80. The van der Waals surface area contributed by atoms with E-state index in [1.807, 2.05) is 19.1 Å². The quantitative estimate of drug-likeness (QED) is 0.786. The van der Waals surface area contributed by atoms with Crippen LogP contribution in [0.2, 0.25) is 0 Å². The zero-order valence-electron chi connectivity index (χ0n) is 10.4. The highest BCUT2D eigenvalue weighted by atomic mass is 32.2. The highest BCUT2D eigenvalue weighted by molar-refractivity contribution is 7.99. The summed E-state index contributed by atoms with van der Waals surface area (Å²) in [6.45, 7) is 1.83. The topological polar surface area (TPSA) is 84.0 Å². The van der Waals surface area contributed by atoms with E-state index in [9.17, 15) is 14.9 Å². The molecule has 96 valence electrons. The Kier molecular flexibility index (Phi) is 2.48. The molecule has 0 aromatic heterocycles. The first-order valence-electron chi connectivity index (χ1n) is 6.04. The van der Waals surface area contributed by atoms with E-state index in [2.05, 4.69) is 6.07 Å². The number of hydrogen-bond donors (Lipinski definition) is 1. The molecule has 0 spiro atoms. The van der Waals surface area contributed by atoms with Crippen LogP contribution in [0.15, 0.2) is 17.0 Å². The molecule has 1 amide bonds. The number of rotatable bonds is 1. The van der Waals surface area contributed by atoms with E-state index >= 15 is 0 Å². The molecule has 5 heteroatoms. The van der Waals surface area contributed by atoms with Crippen LogP contribution in [0.4, 0.5) is 0 Å². The molecule has 2 unspecified atom stereocenters. The maximum Gasteiger partial charge on any atom is 0.230 e. The van der Waals surface area contributed by atoms with Crippen molar-refractivity contribution < 1.29 is 9.59 Å². The largest absolute Gasteiger partial charge is 0.369 e. The second-order valence-electron chi connectivity index (χ2n) is 5.01. The van der Waals surface area contributed by atoms with E-state index in [1.54, 1.807) is 11.8 Å². The lowest BCUT2D eigenvalue weighted by molar-refractivity contribution is -0.121. The van der Waals surface area contributed by atoms with Crippen molar-refractivity contribution in [1.29, 1.82) is 5.26 Å². The molecule has 0 saturated carbocycles. The smallest absolute Gasteiger partial charge is 0.230 e. The van der Waals surface area contributed by atoms with Crippen molar-refractivity contribution in [3.8, 4) is 6.07 Å². The summed E-state index contributed by atoms with van der Waals surface area (Å²) >= 11 is 1.63. The number of benzene rings is 1. The predicted octanol–water partition coefficient (Wildman–Crippen LogP) is 1.55. The number of primary amides is 1. The molecular formula is C14H12N2O2S. The monoisotopic (exact) mass is 272 g/mol. The van der Waals surface area contributed by atoms with Crippen molar-refractivity contribution in [3.05, 3.63) is 28.8 Å². The number of nitrogens with two attached hydrogens (primary N) is 1. The number of aryl methyl sites for hydroxylation is 1. The van der Waals surface area contributed by atoms with Gasteiger partial charge in [0, 0.05) is 10.5 Å².